The van der Waals surface area contributed by atoms with Gasteiger partial charge in [0.15, 0.2) is 0 Å². The zero-order valence-electron chi connectivity index (χ0n) is 11.6. The molecule has 0 fully saturated rings. The van der Waals surface area contributed by atoms with Crippen LogP contribution < -0.4 is 4.72 Å². The van der Waals surface area contributed by atoms with Crippen LogP contribution in [0.25, 0.3) is 0 Å². The first kappa shape index (κ1) is 18.2. The van der Waals surface area contributed by atoms with Gasteiger partial charge in [-0.05, 0) is 24.5 Å². The van der Waals surface area contributed by atoms with Crippen LogP contribution in [0.4, 0.5) is 0 Å². The first-order valence-electron chi connectivity index (χ1n) is 6.31. The standard InChI is InChI=1S/C13H17Cl2NO4S/c1-8(2)6-9(13(17)18)7-16-21(19,20)11-5-3-4-10(14)12(11)15/h3-5,8-9,16H,6-7H2,1-2H3,(H,17,18). The van der Waals surface area contributed by atoms with Crippen molar-refractivity contribution in [2.24, 2.45) is 11.8 Å². The van der Waals surface area contributed by atoms with Gasteiger partial charge in [-0.2, -0.15) is 0 Å². The number of hydrogen-bond acceptors (Lipinski definition) is 3. The van der Waals surface area contributed by atoms with Crippen molar-refractivity contribution in [3.8, 4) is 0 Å². The summed E-state index contributed by atoms with van der Waals surface area (Å²) in [6.45, 7) is 3.55. The fraction of sp³-hybridized carbons (Fsp3) is 0.462. The quantitative estimate of drug-likeness (QED) is 0.788. The van der Waals surface area contributed by atoms with Gasteiger partial charge in [-0.1, -0.05) is 43.1 Å². The van der Waals surface area contributed by atoms with E-state index in [4.69, 9.17) is 28.3 Å². The number of carbonyl (C=O) groups is 1. The van der Waals surface area contributed by atoms with Crippen LogP contribution in [-0.2, 0) is 14.8 Å². The lowest BCUT2D eigenvalue weighted by molar-refractivity contribution is -0.142. The Bertz CT molecular complexity index is 617. The van der Waals surface area contributed by atoms with Crippen molar-refractivity contribution >= 4 is 39.2 Å². The summed E-state index contributed by atoms with van der Waals surface area (Å²) in [4.78, 5) is 11.0. The second-order valence-electron chi connectivity index (χ2n) is 5.07. The molecule has 1 unspecified atom stereocenters. The highest BCUT2D eigenvalue weighted by molar-refractivity contribution is 7.89. The maximum Gasteiger partial charge on any atom is 0.307 e. The van der Waals surface area contributed by atoms with E-state index >= 15 is 0 Å². The van der Waals surface area contributed by atoms with Gasteiger partial charge in [-0.25, -0.2) is 13.1 Å². The highest BCUT2D eigenvalue weighted by atomic mass is 35.5. The molecule has 0 aliphatic rings. The van der Waals surface area contributed by atoms with Crippen LogP contribution >= 0.6 is 23.2 Å². The van der Waals surface area contributed by atoms with Crippen LogP contribution in [0.3, 0.4) is 0 Å². The molecular formula is C13H17Cl2NO4S. The Morgan fingerprint density at radius 3 is 2.48 bits per heavy atom. The van der Waals surface area contributed by atoms with Crippen LogP contribution in [0, 0.1) is 11.8 Å². The molecule has 1 atom stereocenters. The van der Waals surface area contributed by atoms with Crippen LogP contribution in [0.15, 0.2) is 23.1 Å². The number of sulfonamides is 1. The van der Waals surface area contributed by atoms with Gasteiger partial charge in [-0.15, -0.1) is 0 Å². The van der Waals surface area contributed by atoms with E-state index in [1.807, 2.05) is 13.8 Å². The van der Waals surface area contributed by atoms with E-state index in [1.165, 1.54) is 18.2 Å². The van der Waals surface area contributed by atoms with Crippen LogP contribution in [0.1, 0.15) is 20.3 Å². The van der Waals surface area contributed by atoms with E-state index in [0.29, 0.717) is 6.42 Å². The number of benzene rings is 1. The average Bonchev–Trinajstić information content (AvgIpc) is 2.36. The van der Waals surface area contributed by atoms with Gasteiger partial charge in [-0.3, -0.25) is 4.79 Å². The largest absolute Gasteiger partial charge is 0.481 e. The van der Waals surface area contributed by atoms with Gasteiger partial charge < -0.3 is 5.11 Å². The zero-order valence-corrected chi connectivity index (χ0v) is 14.0. The van der Waals surface area contributed by atoms with E-state index in [2.05, 4.69) is 4.72 Å². The number of aliphatic carboxylic acids is 1. The molecule has 0 spiro atoms. The SMILES string of the molecule is CC(C)CC(CNS(=O)(=O)c1cccc(Cl)c1Cl)C(=O)O. The average molecular weight is 354 g/mol. The second-order valence-corrected chi connectivity index (χ2v) is 7.59. The molecule has 2 N–H and O–H groups in total. The van der Waals surface area contributed by atoms with Gasteiger partial charge in [0.25, 0.3) is 0 Å². The summed E-state index contributed by atoms with van der Waals surface area (Å²) in [6.07, 6.45) is 0.376. The Morgan fingerprint density at radius 1 is 1.33 bits per heavy atom. The van der Waals surface area contributed by atoms with Crippen LogP contribution in [-0.4, -0.2) is 26.0 Å². The molecule has 1 aromatic carbocycles. The highest BCUT2D eigenvalue weighted by Gasteiger charge is 2.24. The monoisotopic (exact) mass is 353 g/mol. The third-order valence-corrected chi connectivity index (χ3v) is 5.23. The molecule has 0 aromatic heterocycles. The van der Waals surface area contributed by atoms with E-state index in [-0.39, 0.29) is 27.4 Å². The van der Waals surface area contributed by atoms with Crippen molar-refractivity contribution in [3.05, 3.63) is 28.2 Å². The van der Waals surface area contributed by atoms with Gasteiger partial charge in [0.05, 0.1) is 16.0 Å². The Morgan fingerprint density at radius 2 is 1.95 bits per heavy atom. The predicted molar refractivity (Wildman–Crippen MR) is 82.2 cm³/mol. The highest BCUT2D eigenvalue weighted by Crippen LogP contribution is 2.28. The molecule has 5 nitrogen and oxygen atoms in total. The summed E-state index contributed by atoms with van der Waals surface area (Å²) >= 11 is 11.7. The van der Waals surface area contributed by atoms with Gasteiger partial charge in [0.2, 0.25) is 10.0 Å². The molecule has 0 aliphatic carbocycles. The predicted octanol–water partition coefficient (Wildman–Crippen LogP) is 3.02. The topological polar surface area (TPSA) is 83.5 Å². The third-order valence-electron chi connectivity index (χ3n) is 2.83. The first-order chi connectivity index (χ1) is 9.65. The van der Waals surface area contributed by atoms with Gasteiger partial charge in [0, 0.05) is 6.54 Å². The molecule has 21 heavy (non-hydrogen) atoms. The number of carboxylic acids is 1. The summed E-state index contributed by atoms with van der Waals surface area (Å²) in [5, 5.41) is 9.15. The lowest BCUT2D eigenvalue weighted by atomic mass is 9.98. The van der Waals surface area contributed by atoms with E-state index < -0.39 is 21.9 Å². The fourth-order valence-corrected chi connectivity index (χ4v) is 3.66. The van der Waals surface area contributed by atoms with Gasteiger partial charge in [0.1, 0.15) is 4.90 Å². The Hall–Kier alpha value is -0.820. The lowest BCUT2D eigenvalue weighted by Gasteiger charge is -2.16. The summed E-state index contributed by atoms with van der Waals surface area (Å²) in [5.41, 5.74) is 0. The van der Waals surface area contributed by atoms with Crippen molar-refractivity contribution in [2.75, 3.05) is 6.54 Å². The molecule has 0 aliphatic heterocycles. The Balaban J connectivity index is 2.90. The summed E-state index contributed by atoms with van der Waals surface area (Å²) < 4.78 is 26.6. The molecule has 0 amide bonds. The lowest BCUT2D eigenvalue weighted by Crippen LogP contribution is -2.33. The van der Waals surface area contributed by atoms with Crippen molar-refractivity contribution in [3.63, 3.8) is 0 Å². The maximum absolute atomic E-state index is 12.2. The molecule has 118 valence electrons. The summed E-state index contributed by atoms with van der Waals surface area (Å²) in [7, 11) is -3.91. The smallest absolute Gasteiger partial charge is 0.307 e. The van der Waals surface area contributed by atoms with Crippen molar-refractivity contribution in [1.29, 1.82) is 0 Å². The van der Waals surface area contributed by atoms with Crippen molar-refractivity contribution in [1.82, 2.24) is 4.72 Å². The number of carboxylic acid groups (broad SMARTS) is 1. The number of rotatable bonds is 7. The Kier molecular flexibility index (Phi) is 6.46. The van der Waals surface area contributed by atoms with Gasteiger partial charge >= 0.3 is 5.97 Å². The maximum atomic E-state index is 12.2. The normalized spacial score (nSPS) is 13.4. The summed E-state index contributed by atoms with van der Waals surface area (Å²) in [5.74, 6) is -1.69. The summed E-state index contributed by atoms with van der Waals surface area (Å²) in [6, 6.07) is 4.25. The second kappa shape index (κ2) is 7.45. The van der Waals surface area contributed by atoms with E-state index in [1.54, 1.807) is 0 Å². The van der Waals surface area contributed by atoms with Crippen LogP contribution in [0.2, 0.25) is 10.0 Å². The van der Waals surface area contributed by atoms with Crippen molar-refractivity contribution < 1.29 is 18.3 Å². The molecule has 8 heteroatoms. The molecule has 1 aromatic rings. The molecule has 1 rings (SSSR count). The van der Waals surface area contributed by atoms with E-state index in [0.717, 1.165) is 0 Å². The molecular weight excluding hydrogens is 337 g/mol. The molecule has 0 saturated carbocycles. The minimum absolute atomic E-state index is 0.0811. The van der Waals surface area contributed by atoms with E-state index in [9.17, 15) is 13.2 Å². The number of nitrogens with one attached hydrogen (secondary N) is 1. The number of halogens is 2. The fourth-order valence-electron chi connectivity index (χ4n) is 1.82. The molecule has 0 bridgehead atoms. The number of hydrogen-bond donors (Lipinski definition) is 2. The molecule has 0 radical (unpaired) electrons. The molecule has 0 saturated heterocycles. The van der Waals surface area contributed by atoms with Crippen molar-refractivity contribution in [2.45, 2.75) is 25.2 Å². The molecule has 0 heterocycles. The van der Waals surface area contributed by atoms with Crippen LogP contribution in [0.5, 0.6) is 0 Å². The Labute approximate surface area is 134 Å². The third kappa shape index (κ3) is 5.14. The minimum Gasteiger partial charge on any atom is -0.481 e. The minimum atomic E-state index is -3.91. The first-order valence-corrected chi connectivity index (χ1v) is 8.55. The zero-order chi connectivity index (χ0) is 16.2.